The Labute approximate surface area is 101 Å². The van der Waals surface area contributed by atoms with Gasteiger partial charge in [-0.1, -0.05) is 0 Å². The number of nitrogens with zero attached hydrogens (tertiary/aromatic N) is 1. The molecule has 0 unspecified atom stereocenters. The lowest BCUT2D eigenvalue weighted by Gasteiger charge is -2.14. The van der Waals surface area contributed by atoms with E-state index in [1.165, 1.54) is 6.92 Å². The molecule has 1 rings (SSSR count). The molecule has 0 radical (unpaired) electrons. The molecule has 1 heterocycles. The van der Waals surface area contributed by atoms with Crippen LogP contribution in [0.25, 0.3) is 0 Å². The number of rotatable bonds is 3. The van der Waals surface area contributed by atoms with Gasteiger partial charge in [0.25, 0.3) is 0 Å². The van der Waals surface area contributed by atoms with Crippen LogP contribution in [0.5, 0.6) is 5.75 Å². The summed E-state index contributed by atoms with van der Waals surface area (Å²) in [4.78, 5) is 15.0. The van der Waals surface area contributed by atoms with E-state index in [1.807, 2.05) is 0 Å². The molecule has 8 heteroatoms. The van der Waals surface area contributed by atoms with Gasteiger partial charge in [-0.3, -0.25) is 0 Å². The average Bonchev–Trinajstić information content (AvgIpc) is 2.25. The fraction of sp³-hybridized carbons (Fsp3) is 0.400. The lowest BCUT2D eigenvalue weighted by Crippen LogP contribution is -2.20. The zero-order valence-electron chi connectivity index (χ0n) is 9.67. The minimum atomic E-state index is -4.87. The van der Waals surface area contributed by atoms with E-state index in [4.69, 9.17) is 5.73 Å². The van der Waals surface area contributed by atoms with E-state index in [0.29, 0.717) is 0 Å². The molecule has 0 atom stereocenters. The lowest BCUT2D eigenvalue weighted by molar-refractivity contribution is -0.274. The van der Waals surface area contributed by atoms with Gasteiger partial charge < -0.3 is 15.2 Å². The lowest BCUT2D eigenvalue weighted by atomic mass is 10.1. The van der Waals surface area contributed by atoms with Crippen LogP contribution in [0.1, 0.15) is 21.7 Å². The van der Waals surface area contributed by atoms with Gasteiger partial charge in [0.2, 0.25) is 0 Å². The van der Waals surface area contributed by atoms with E-state index in [1.54, 1.807) is 0 Å². The summed E-state index contributed by atoms with van der Waals surface area (Å²) in [5, 5.41) is 0. The van der Waals surface area contributed by atoms with Crippen molar-refractivity contribution in [1.82, 2.24) is 4.98 Å². The van der Waals surface area contributed by atoms with Gasteiger partial charge in [0.05, 0.1) is 7.11 Å². The molecule has 1 aromatic rings. The molecule has 0 amide bonds. The molecule has 0 spiro atoms. The molecule has 0 aliphatic heterocycles. The van der Waals surface area contributed by atoms with Crippen LogP contribution in [0.15, 0.2) is 6.07 Å². The molecule has 0 bridgehead atoms. The molecule has 2 N–H and O–H groups in total. The van der Waals surface area contributed by atoms with Crippen molar-refractivity contribution < 1.29 is 27.4 Å². The first kappa shape index (κ1) is 14.2. The molecular formula is C10H11F3N2O3. The van der Waals surface area contributed by atoms with Gasteiger partial charge in [0.1, 0.15) is 5.75 Å². The smallest absolute Gasteiger partial charge is 0.464 e. The van der Waals surface area contributed by atoms with Crippen molar-refractivity contribution in [2.45, 2.75) is 19.8 Å². The van der Waals surface area contributed by atoms with Crippen LogP contribution in [0.3, 0.4) is 0 Å². The van der Waals surface area contributed by atoms with Crippen molar-refractivity contribution in [2.24, 2.45) is 5.73 Å². The summed E-state index contributed by atoms with van der Waals surface area (Å²) < 4.78 is 44.8. The van der Waals surface area contributed by atoms with Crippen LogP contribution in [0.2, 0.25) is 0 Å². The number of pyridine rings is 1. The van der Waals surface area contributed by atoms with Gasteiger partial charge in [0, 0.05) is 23.9 Å². The monoisotopic (exact) mass is 264 g/mol. The number of aromatic nitrogens is 1. The number of methoxy groups -OCH3 is 1. The Balaban J connectivity index is 3.28. The average molecular weight is 264 g/mol. The van der Waals surface area contributed by atoms with Crippen LogP contribution in [-0.4, -0.2) is 24.4 Å². The third kappa shape index (κ3) is 3.33. The summed E-state index contributed by atoms with van der Waals surface area (Å²) in [6.45, 7) is 1.24. The summed E-state index contributed by atoms with van der Waals surface area (Å²) in [6.07, 6.45) is -4.87. The molecule has 100 valence electrons. The Kier molecular flexibility index (Phi) is 4.12. The van der Waals surface area contributed by atoms with Gasteiger partial charge in [-0.25, -0.2) is 9.78 Å². The van der Waals surface area contributed by atoms with Crippen LogP contribution >= 0.6 is 0 Å². The Morgan fingerprint density at radius 3 is 2.56 bits per heavy atom. The highest BCUT2D eigenvalue weighted by Gasteiger charge is 2.33. The number of halogens is 3. The number of carbonyl (C=O) groups is 1. The third-order valence-electron chi connectivity index (χ3n) is 2.11. The number of ether oxygens (including phenoxy) is 2. The van der Waals surface area contributed by atoms with Crippen molar-refractivity contribution in [1.29, 1.82) is 0 Å². The van der Waals surface area contributed by atoms with Crippen LogP contribution < -0.4 is 10.5 Å². The minimum Gasteiger partial charge on any atom is -0.464 e. The van der Waals surface area contributed by atoms with Crippen molar-refractivity contribution in [3.63, 3.8) is 0 Å². The van der Waals surface area contributed by atoms with Crippen molar-refractivity contribution in [3.8, 4) is 5.75 Å². The Morgan fingerprint density at radius 2 is 2.11 bits per heavy atom. The zero-order chi connectivity index (χ0) is 13.9. The number of nitrogens with two attached hydrogens (primary N) is 1. The zero-order valence-corrected chi connectivity index (χ0v) is 9.67. The van der Waals surface area contributed by atoms with Crippen molar-refractivity contribution >= 4 is 5.97 Å². The maximum atomic E-state index is 12.2. The van der Waals surface area contributed by atoms with Crippen LogP contribution in [0.4, 0.5) is 13.2 Å². The summed E-state index contributed by atoms with van der Waals surface area (Å²) in [6, 6.07) is 0.856. The molecule has 5 nitrogen and oxygen atoms in total. The van der Waals surface area contributed by atoms with Gasteiger partial charge in [-0.2, -0.15) is 0 Å². The molecule has 18 heavy (non-hydrogen) atoms. The van der Waals surface area contributed by atoms with E-state index in [9.17, 15) is 18.0 Å². The highest BCUT2D eigenvalue weighted by molar-refractivity contribution is 5.87. The standard InChI is InChI=1S/C10H11F3N2O3/c1-5-6(4-14)8(18-10(11,12)13)3-7(15-5)9(16)17-2/h3H,4,14H2,1-2H3. The quantitative estimate of drug-likeness (QED) is 0.838. The normalized spacial score (nSPS) is 11.2. The summed E-state index contributed by atoms with van der Waals surface area (Å²) in [7, 11) is 1.10. The van der Waals surface area contributed by atoms with E-state index in [-0.39, 0.29) is 23.5 Å². The fourth-order valence-electron chi connectivity index (χ4n) is 1.34. The Bertz CT molecular complexity index is 460. The SMILES string of the molecule is COC(=O)c1cc(OC(F)(F)F)c(CN)c(C)n1. The summed E-state index contributed by atoms with van der Waals surface area (Å²) in [5.74, 6) is -1.40. The van der Waals surface area contributed by atoms with Gasteiger partial charge >= 0.3 is 12.3 Å². The van der Waals surface area contributed by atoms with Gasteiger partial charge in [-0.15, -0.1) is 13.2 Å². The van der Waals surface area contributed by atoms with Crippen molar-refractivity contribution in [2.75, 3.05) is 7.11 Å². The molecule has 0 aliphatic rings. The first-order chi connectivity index (χ1) is 8.28. The second kappa shape index (κ2) is 5.21. The van der Waals surface area contributed by atoms with E-state index < -0.39 is 18.1 Å². The van der Waals surface area contributed by atoms with Gasteiger partial charge in [0.15, 0.2) is 5.69 Å². The number of alkyl halides is 3. The molecule has 0 fully saturated rings. The number of carbonyl (C=O) groups excluding carboxylic acids is 1. The van der Waals surface area contributed by atoms with Gasteiger partial charge in [-0.05, 0) is 6.92 Å². The molecule has 1 aromatic heterocycles. The second-order valence-corrected chi connectivity index (χ2v) is 3.31. The predicted octanol–water partition coefficient (Wildman–Crippen LogP) is 1.53. The summed E-state index contributed by atoms with van der Waals surface area (Å²) in [5.41, 5.74) is 5.32. The first-order valence-electron chi connectivity index (χ1n) is 4.83. The number of hydrogen-bond donors (Lipinski definition) is 1. The Morgan fingerprint density at radius 1 is 1.50 bits per heavy atom. The van der Waals surface area contributed by atoms with Crippen molar-refractivity contribution in [3.05, 3.63) is 23.0 Å². The second-order valence-electron chi connectivity index (χ2n) is 3.31. The van der Waals surface area contributed by atoms with E-state index >= 15 is 0 Å². The van der Waals surface area contributed by atoms with E-state index in [2.05, 4.69) is 14.5 Å². The minimum absolute atomic E-state index is 0.0833. The molecule has 0 aromatic carbocycles. The molecular weight excluding hydrogens is 253 g/mol. The first-order valence-corrected chi connectivity index (χ1v) is 4.83. The Hall–Kier alpha value is -1.83. The highest BCUT2D eigenvalue weighted by Crippen LogP contribution is 2.28. The maximum absolute atomic E-state index is 12.2. The topological polar surface area (TPSA) is 74.4 Å². The number of aryl methyl sites for hydroxylation is 1. The maximum Gasteiger partial charge on any atom is 0.573 e. The predicted molar refractivity (Wildman–Crippen MR) is 54.9 cm³/mol. The number of hydrogen-bond acceptors (Lipinski definition) is 5. The molecule has 0 aliphatic carbocycles. The summed E-state index contributed by atoms with van der Waals surface area (Å²) >= 11 is 0. The van der Waals surface area contributed by atoms with Crippen LogP contribution in [-0.2, 0) is 11.3 Å². The highest BCUT2D eigenvalue weighted by atomic mass is 19.4. The number of esters is 1. The molecule has 0 saturated heterocycles. The van der Waals surface area contributed by atoms with E-state index in [0.717, 1.165) is 13.2 Å². The third-order valence-corrected chi connectivity index (χ3v) is 2.11. The largest absolute Gasteiger partial charge is 0.573 e. The van der Waals surface area contributed by atoms with Crippen LogP contribution in [0, 0.1) is 6.92 Å². The molecule has 0 saturated carbocycles. The fourth-order valence-corrected chi connectivity index (χ4v) is 1.34.